The third kappa shape index (κ3) is 5.61. The summed E-state index contributed by atoms with van der Waals surface area (Å²) in [5.74, 6) is 0.641. The summed E-state index contributed by atoms with van der Waals surface area (Å²) in [5, 5.41) is 0. The highest BCUT2D eigenvalue weighted by Crippen LogP contribution is 2.36. The van der Waals surface area contributed by atoms with E-state index in [0.29, 0.717) is 12.5 Å². The van der Waals surface area contributed by atoms with Crippen LogP contribution in [0.4, 0.5) is 18.9 Å². The van der Waals surface area contributed by atoms with Crippen molar-refractivity contribution < 1.29 is 21.6 Å². The molecule has 0 spiro atoms. The van der Waals surface area contributed by atoms with Crippen molar-refractivity contribution in [1.29, 1.82) is 0 Å². The number of halogens is 3. The van der Waals surface area contributed by atoms with E-state index in [0.717, 1.165) is 59.7 Å². The predicted octanol–water partition coefficient (Wildman–Crippen LogP) is 6.29. The van der Waals surface area contributed by atoms with E-state index in [1.54, 1.807) is 6.33 Å². The molecule has 0 radical (unpaired) electrons. The van der Waals surface area contributed by atoms with Gasteiger partial charge in [0.2, 0.25) is 10.0 Å². The van der Waals surface area contributed by atoms with Crippen LogP contribution in [0.1, 0.15) is 61.0 Å². The van der Waals surface area contributed by atoms with Gasteiger partial charge in [0.05, 0.1) is 29.0 Å². The first kappa shape index (κ1) is 26.7. The lowest BCUT2D eigenvalue weighted by Gasteiger charge is -2.34. The second-order valence-electron chi connectivity index (χ2n) is 10.4. The Hall–Kier alpha value is -2.85. The van der Waals surface area contributed by atoms with E-state index in [1.807, 2.05) is 31.2 Å². The molecular weight excluding hydrogens is 513 g/mol. The topological polar surface area (TPSA) is 69.3 Å². The molecule has 6 nitrogen and oxygen atoms in total. The Morgan fingerprint density at radius 1 is 1.03 bits per heavy atom. The van der Waals surface area contributed by atoms with Crippen LogP contribution in [0, 0.1) is 12.8 Å². The van der Waals surface area contributed by atoms with E-state index in [-0.39, 0.29) is 24.0 Å². The Balaban J connectivity index is 1.50. The number of aryl methyl sites for hydroxylation is 1. The van der Waals surface area contributed by atoms with Crippen LogP contribution in [-0.2, 0) is 29.3 Å². The zero-order valence-electron chi connectivity index (χ0n) is 21.4. The molecule has 1 aromatic heterocycles. The minimum Gasteiger partial charge on any atom is -0.361 e. The number of sulfonamides is 1. The lowest BCUT2D eigenvalue weighted by molar-refractivity contribution is -0.137. The zero-order valence-corrected chi connectivity index (χ0v) is 22.2. The Labute approximate surface area is 221 Å². The van der Waals surface area contributed by atoms with Gasteiger partial charge in [-0.05, 0) is 61.6 Å². The van der Waals surface area contributed by atoms with Crippen LogP contribution in [0.25, 0.3) is 0 Å². The van der Waals surface area contributed by atoms with Gasteiger partial charge in [0.25, 0.3) is 0 Å². The molecule has 2 aromatic carbocycles. The average Bonchev–Trinajstić information content (AvgIpc) is 3.52. The SMILES string of the molecule is Cc1[nH]cnc1CN1c2ccccc2CN(S(=O)(=O)c2ccc(C(F)(F)F)cc2)C[C@H]1CCC1CCCC1. The summed E-state index contributed by atoms with van der Waals surface area (Å²) >= 11 is 0. The largest absolute Gasteiger partial charge is 0.416 e. The lowest BCUT2D eigenvalue weighted by Crippen LogP contribution is -2.43. The average molecular weight is 547 g/mol. The van der Waals surface area contributed by atoms with Gasteiger partial charge < -0.3 is 9.88 Å². The van der Waals surface area contributed by atoms with Gasteiger partial charge in [-0.2, -0.15) is 17.5 Å². The number of imidazole rings is 1. The summed E-state index contributed by atoms with van der Waals surface area (Å²) in [6, 6.07) is 11.5. The fraction of sp³-hybridized carbons (Fsp3) is 0.464. The van der Waals surface area contributed by atoms with Gasteiger partial charge in [-0.15, -0.1) is 0 Å². The van der Waals surface area contributed by atoms with Crippen molar-refractivity contribution in [2.24, 2.45) is 5.92 Å². The summed E-state index contributed by atoms with van der Waals surface area (Å²) < 4.78 is 68.4. The minimum absolute atomic E-state index is 0.112. The number of benzene rings is 2. The van der Waals surface area contributed by atoms with Crippen LogP contribution in [0.2, 0.25) is 0 Å². The highest BCUT2D eigenvalue weighted by atomic mass is 32.2. The van der Waals surface area contributed by atoms with Crippen LogP contribution >= 0.6 is 0 Å². The quantitative estimate of drug-likeness (QED) is 0.378. The lowest BCUT2D eigenvalue weighted by atomic mass is 9.97. The standard InChI is InChI=1S/C28H33F3N4O2S/c1-20-26(33-19-32-20)18-35-24(13-10-21-6-2-3-7-21)17-34(16-22-8-4-5-9-27(22)35)38(36,37)25-14-11-23(12-15-25)28(29,30)31/h4-5,8-9,11-12,14-15,19,21,24H,2-3,6-7,10,13,16-18H2,1H3,(H,32,33)/t24-/m1/s1. The highest BCUT2D eigenvalue weighted by Gasteiger charge is 2.36. The predicted molar refractivity (Wildman–Crippen MR) is 140 cm³/mol. The summed E-state index contributed by atoms with van der Waals surface area (Å²) in [4.78, 5) is 9.79. The number of fused-ring (bicyclic) bond motifs is 1. The number of para-hydroxylation sites is 1. The van der Waals surface area contributed by atoms with Gasteiger partial charge in [-0.25, -0.2) is 13.4 Å². The molecule has 0 bridgehead atoms. The van der Waals surface area contributed by atoms with Crippen LogP contribution in [0.5, 0.6) is 0 Å². The number of nitrogens with zero attached hydrogens (tertiary/aromatic N) is 3. The third-order valence-corrected chi connectivity index (χ3v) is 9.79. The molecule has 2 heterocycles. The fourth-order valence-electron chi connectivity index (χ4n) is 5.75. The Kier molecular flexibility index (Phi) is 7.55. The van der Waals surface area contributed by atoms with Crippen molar-refractivity contribution in [3.8, 4) is 0 Å². The molecule has 0 unspecified atom stereocenters. The summed E-state index contributed by atoms with van der Waals surface area (Å²) in [6.07, 6.45) is 3.86. The van der Waals surface area contributed by atoms with Crippen LogP contribution < -0.4 is 4.90 Å². The van der Waals surface area contributed by atoms with Crippen LogP contribution in [0.15, 0.2) is 59.8 Å². The summed E-state index contributed by atoms with van der Waals surface area (Å²) in [7, 11) is -4.04. The van der Waals surface area contributed by atoms with E-state index >= 15 is 0 Å². The monoisotopic (exact) mass is 546 g/mol. The van der Waals surface area contributed by atoms with Gasteiger partial charge >= 0.3 is 6.18 Å². The summed E-state index contributed by atoms with van der Waals surface area (Å²) in [6.45, 7) is 2.90. The van der Waals surface area contributed by atoms with E-state index in [1.165, 1.54) is 30.0 Å². The number of alkyl halides is 3. The van der Waals surface area contributed by atoms with Crippen LogP contribution in [-0.4, -0.2) is 35.3 Å². The number of hydrogen-bond acceptors (Lipinski definition) is 4. The number of aromatic nitrogens is 2. The van der Waals surface area contributed by atoms with Crippen molar-refractivity contribution >= 4 is 15.7 Å². The van der Waals surface area contributed by atoms with Gasteiger partial charge in [0.1, 0.15) is 0 Å². The number of H-pyrrole nitrogens is 1. The van der Waals surface area contributed by atoms with E-state index < -0.39 is 21.8 Å². The molecule has 2 aliphatic rings. The molecule has 5 rings (SSSR count). The maximum absolute atomic E-state index is 13.8. The molecule has 1 N–H and O–H groups in total. The highest BCUT2D eigenvalue weighted by molar-refractivity contribution is 7.89. The van der Waals surface area contributed by atoms with Gasteiger partial charge in [0, 0.05) is 30.5 Å². The molecule has 1 saturated carbocycles. The molecule has 1 atom stereocenters. The first-order valence-electron chi connectivity index (χ1n) is 13.1. The third-order valence-electron chi connectivity index (χ3n) is 7.96. The second-order valence-corrected chi connectivity index (χ2v) is 12.4. The maximum atomic E-state index is 13.8. The van der Waals surface area contributed by atoms with E-state index in [4.69, 9.17) is 0 Å². The molecular formula is C28H33F3N4O2S. The molecule has 0 saturated heterocycles. The van der Waals surface area contributed by atoms with Crippen molar-refractivity contribution in [2.45, 2.75) is 75.7 Å². The molecule has 204 valence electrons. The maximum Gasteiger partial charge on any atom is 0.416 e. The second kappa shape index (κ2) is 10.7. The first-order valence-corrected chi connectivity index (χ1v) is 14.6. The number of nitrogens with one attached hydrogen (secondary N) is 1. The molecule has 1 aliphatic carbocycles. The number of aromatic amines is 1. The number of rotatable bonds is 7. The van der Waals surface area contributed by atoms with Gasteiger partial charge in [-0.1, -0.05) is 43.9 Å². The molecule has 38 heavy (non-hydrogen) atoms. The molecule has 0 amide bonds. The van der Waals surface area contributed by atoms with Crippen molar-refractivity contribution in [3.05, 3.63) is 77.4 Å². The van der Waals surface area contributed by atoms with Crippen LogP contribution in [0.3, 0.4) is 0 Å². The molecule has 3 aromatic rings. The zero-order chi connectivity index (χ0) is 26.9. The molecule has 1 fully saturated rings. The first-order chi connectivity index (χ1) is 18.1. The number of anilines is 1. The normalized spacial score (nSPS) is 19.5. The van der Waals surface area contributed by atoms with Gasteiger partial charge in [-0.3, -0.25) is 0 Å². The molecule has 1 aliphatic heterocycles. The minimum atomic E-state index is -4.53. The van der Waals surface area contributed by atoms with Gasteiger partial charge in [0.15, 0.2) is 0 Å². The fourth-order valence-corrected chi connectivity index (χ4v) is 7.21. The Morgan fingerprint density at radius 2 is 1.74 bits per heavy atom. The molecule has 10 heteroatoms. The number of hydrogen-bond donors (Lipinski definition) is 1. The Morgan fingerprint density at radius 3 is 2.39 bits per heavy atom. The van der Waals surface area contributed by atoms with Crippen molar-refractivity contribution in [2.75, 3.05) is 11.4 Å². The Bertz CT molecular complexity index is 1350. The van der Waals surface area contributed by atoms with Crippen molar-refractivity contribution in [1.82, 2.24) is 14.3 Å². The smallest absolute Gasteiger partial charge is 0.361 e. The van der Waals surface area contributed by atoms with E-state index in [9.17, 15) is 21.6 Å². The van der Waals surface area contributed by atoms with Crippen molar-refractivity contribution in [3.63, 3.8) is 0 Å². The van der Waals surface area contributed by atoms with E-state index in [2.05, 4.69) is 14.9 Å². The summed E-state index contributed by atoms with van der Waals surface area (Å²) in [5.41, 5.74) is 2.84.